The van der Waals surface area contributed by atoms with Crippen molar-refractivity contribution < 1.29 is 5.11 Å². The first-order valence-electron chi connectivity index (χ1n) is 6.74. The van der Waals surface area contributed by atoms with Gasteiger partial charge in [-0.25, -0.2) is 0 Å². The molecule has 1 fully saturated rings. The largest absolute Gasteiger partial charge is 0.392 e. The van der Waals surface area contributed by atoms with Gasteiger partial charge in [-0.3, -0.25) is 4.98 Å². The van der Waals surface area contributed by atoms with Crippen molar-refractivity contribution in [1.29, 1.82) is 0 Å². The maximum absolute atomic E-state index is 10.3. The zero-order valence-corrected chi connectivity index (χ0v) is 12.0. The van der Waals surface area contributed by atoms with Gasteiger partial charge in [0.05, 0.1) is 11.1 Å². The third kappa shape index (κ3) is 3.46. The fourth-order valence-electron chi connectivity index (χ4n) is 2.77. The van der Waals surface area contributed by atoms with E-state index in [0.717, 1.165) is 18.4 Å². The first-order valence-corrected chi connectivity index (χ1v) is 7.12. The molecule has 0 bridgehead atoms. The summed E-state index contributed by atoms with van der Waals surface area (Å²) in [4.78, 5) is 3.97. The molecule has 0 saturated heterocycles. The Morgan fingerprint density at radius 1 is 1.44 bits per heavy atom. The first kappa shape index (κ1) is 13.8. The van der Waals surface area contributed by atoms with Gasteiger partial charge in [-0.15, -0.1) is 0 Å². The highest BCUT2D eigenvalue weighted by Gasteiger charge is 2.30. The van der Waals surface area contributed by atoms with Crippen LogP contribution in [0.2, 0.25) is 5.02 Å². The Bertz CT molecular complexity index is 395. The van der Waals surface area contributed by atoms with E-state index in [0.29, 0.717) is 22.8 Å². The summed E-state index contributed by atoms with van der Waals surface area (Å²) in [5, 5.41) is 11.0. The van der Waals surface area contributed by atoms with Crippen LogP contribution in [-0.4, -0.2) is 16.2 Å². The summed E-state index contributed by atoms with van der Waals surface area (Å²) in [7, 11) is 0. The summed E-state index contributed by atoms with van der Waals surface area (Å²) >= 11 is 6.08. The summed E-state index contributed by atoms with van der Waals surface area (Å²) in [5.74, 6) is 0.419. The number of hydrogen-bond acceptors (Lipinski definition) is 2. The standard InChI is InChI=1S/C15H22ClNO/c1-15(2)6-3-11(4-7-15)14(18)9-12-5-8-17-10-13(12)16/h5,8,10-11,14,18H,3-4,6-7,9H2,1-2H3. The van der Waals surface area contributed by atoms with Gasteiger partial charge < -0.3 is 5.11 Å². The number of aliphatic hydroxyl groups is 1. The van der Waals surface area contributed by atoms with Gasteiger partial charge in [0, 0.05) is 18.8 Å². The lowest BCUT2D eigenvalue weighted by molar-refractivity contribution is 0.0576. The van der Waals surface area contributed by atoms with Crippen LogP contribution in [-0.2, 0) is 6.42 Å². The molecule has 0 aromatic carbocycles. The zero-order valence-electron chi connectivity index (χ0n) is 11.2. The van der Waals surface area contributed by atoms with Gasteiger partial charge in [0.25, 0.3) is 0 Å². The molecule has 18 heavy (non-hydrogen) atoms. The monoisotopic (exact) mass is 267 g/mol. The lowest BCUT2D eigenvalue weighted by Crippen LogP contribution is -2.30. The summed E-state index contributed by atoms with van der Waals surface area (Å²) in [6.45, 7) is 4.63. The van der Waals surface area contributed by atoms with Crippen LogP contribution in [0.5, 0.6) is 0 Å². The Hall–Kier alpha value is -0.600. The molecule has 2 rings (SSSR count). The summed E-state index contributed by atoms with van der Waals surface area (Å²) in [5.41, 5.74) is 1.45. The van der Waals surface area contributed by atoms with Gasteiger partial charge >= 0.3 is 0 Å². The fourth-order valence-corrected chi connectivity index (χ4v) is 2.96. The number of halogens is 1. The van der Waals surface area contributed by atoms with Crippen molar-refractivity contribution >= 4 is 11.6 Å². The van der Waals surface area contributed by atoms with Gasteiger partial charge in [0.1, 0.15) is 0 Å². The average Bonchev–Trinajstić information content (AvgIpc) is 2.32. The second-order valence-electron chi connectivity index (χ2n) is 6.24. The van der Waals surface area contributed by atoms with E-state index in [9.17, 15) is 5.11 Å². The van der Waals surface area contributed by atoms with Crippen LogP contribution in [0.3, 0.4) is 0 Å². The number of pyridine rings is 1. The average molecular weight is 268 g/mol. The zero-order chi connectivity index (χ0) is 13.2. The van der Waals surface area contributed by atoms with Gasteiger partial charge in [-0.1, -0.05) is 25.4 Å². The Morgan fingerprint density at radius 3 is 2.72 bits per heavy atom. The van der Waals surface area contributed by atoms with E-state index < -0.39 is 0 Å². The van der Waals surface area contributed by atoms with E-state index in [4.69, 9.17) is 11.6 Å². The van der Waals surface area contributed by atoms with Crippen LogP contribution in [0, 0.1) is 11.3 Å². The minimum absolute atomic E-state index is 0.277. The van der Waals surface area contributed by atoms with Gasteiger partial charge in [0.15, 0.2) is 0 Å². The van der Waals surface area contributed by atoms with Crippen molar-refractivity contribution in [3.05, 3.63) is 29.0 Å². The second-order valence-corrected chi connectivity index (χ2v) is 6.65. The minimum Gasteiger partial charge on any atom is -0.392 e. The van der Waals surface area contributed by atoms with E-state index in [1.54, 1.807) is 12.4 Å². The quantitative estimate of drug-likeness (QED) is 0.902. The summed E-state index contributed by atoms with van der Waals surface area (Å²) in [6.07, 6.45) is 8.41. The normalized spacial score (nSPS) is 21.8. The number of hydrogen-bond donors (Lipinski definition) is 1. The van der Waals surface area contributed by atoms with Crippen molar-refractivity contribution in [3.8, 4) is 0 Å². The summed E-state index contributed by atoms with van der Waals surface area (Å²) < 4.78 is 0. The van der Waals surface area contributed by atoms with E-state index in [2.05, 4.69) is 18.8 Å². The van der Waals surface area contributed by atoms with Crippen LogP contribution >= 0.6 is 11.6 Å². The highest BCUT2D eigenvalue weighted by atomic mass is 35.5. The maximum Gasteiger partial charge on any atom is 0.0622 e. The molecule has 1 aromatic rings. The van der Waals surface area contributed by atoms with Crippen LogP contribution in [0.15, 0.2) is 18.5 Å². The molecule has 0 aliphatic heterocycles. The number of aliphatic hydroxyl groups excluding tert-OH is 1. The molecule has 0 amide bonds. The topological polar surface area (TPSA) is 33.1 Å². The molecule has 1 aliphatic rings. The molecule has 1 heterocycles. The van der Waals surface area contributed by atoms with Crippen molar-refractivity contribution in [3.63, 3.8) is 0 Å². The van der Waals surface area contributed by atoms with E-state index in [1.165, 1.54) is 12.8 Å². The first-order chi connectivity index (χ1) is 8.48. The molecular weight excluding hydrogens is 246 g/mol. The molecule has 100 valence electrons. The molecule has 1 unspecified atom stereocenters. The molecule has 1 aliphatic carbocycles. The van der Waals surface area contributed by atoms with Crippen LogP contribution in [0.1, 0.15) is 45.1 Å². The Balaban J connectivity index is 1.93. The lowest BCUT2D eigenvalue weighted by Gasteiger charge is -2.36. The fraction of sp³-hybridized carbons (Fsp3) is 0.667. The third-order valence-corrected chi connectivity index (χ3v) is 4.55. The van der Waals surface area contributed by atoms with Crippen molar-refractivity contribution in [2.75, 3.05) is 0 Å². The maximum atomic E-state index is 10.3. The SMILES string of the molecule is CC1(C)CCC(C(O)Cc2ccncc2Cl)CC1. The van der Waals surface area contributed by atoms with Crippen molar-refractivity contribution in [1.82, 2.24) is 4.98 Å². The highest BCUT2D eigenvalue weighted by Crippen LogP contribution is 2.39. The van der Waals surface area contributed by atoms with Gasteiger partial charge in [-0.05, 0) is 48.6 Å². The molecule has 1 aromatic heterocycles. The summed E-state index contributed by atoms with van der Waals surface area (Å²) in [6, 6.07) is 1.90. The van der Waals surface area contributed by atoms with Crippen molar-refractivity contribution in [2.24, 2.45) is 11.3 Å². The minimum atomic E-state index is -0.277. The number of nitrogens with zero attached hydrogens (tertiary/aromatic N) is 1. The molecule has 2 nitrogen and oxygen atoms in total. The van der Waals surface area contributed by atoms with Crippen LogP contribution in [0.4, 0.5) is 0 Å². The lowest BCUT2D eigenvalue weighted by atomic mass is 9.71. The number of rotatable bonds is 3. The van der Waals surface area contributed by atoms with Gasteiger partial charge in [0.2, 0.25) is 0 Å². The van der Waals surface area contributed by atoms with Crippen molar-refractivity contribution in [2.45, 2.75) is 52.1 Å². The van der Waals surface area contributed by atoms with E-state index >= 15 is 0 Å². The van der Waals surface area contributed by atoms with E-state index in [-0.39, 0.29) is 6.10 Å². The molecular formula is C15H22ClNO. The number of aromatic nitrogens is 1. The molecule has 0 spiro atoms. The molecule has 1 N–H and O–H groups in total. The molecule has 3 heteroatoms. The van der Waals surface area contributed by atoms with E-state index in [1.807, 2.05) is 6.07 Å². The Morgan fingerprint density at radius 2 is 2.11 bits per heavy atom. The molecule has 1 atom stereocenters. The Kier molecular flexibility index (Phi) is 4.29. The predicted octanol–water partition coefficient (Wildman–Crippen LogP) is 3.85. The molecule has 1 saturated carbocycles. The van der Waals surface area contributed by atoms with Crippen LogP contribution < -0.4 is 0 Å². The highest BCUT2D eigenvalue weighted by molar-refractivity contribution is 6.31. The second kappa shape index (κ2) is 5.58. The Labute approximate surface area is 114 Å². The smallest absolute Gasteiger partial charge is 0.0622 e. The van der Waals surface area contributed by atoms with Gasteiger partial charge in [-0.2, -0.15) is 0 Å². The van der Waals surface area contributed by atoms with Crippen LogP contribution in [0.25, 0.3) is 0 Å². The predicted molar refractivity (Wildman–Crippen MR) is 74.7 cm³/mol. The molecule has 0 radical (unpaired) electrons. The third-order valence-electron chi connectivity index (χ3n) is 4.21.